The van der Waals surface area contributed by atoms with E-state index < -0.39 is 23.3 Å². The zero-order valence-corrected chi connectivity index (χ0v) is 19.3. The number of allylic oxidation sites excluding steroid dienone is 4. The summed E-state index contributed by atoms with van der Waals surface area (Å²) >= 11 is 0. The first-order valence-corrected chi connectivity index (χ1v) is 11.8. The number of carbonyl (C=O) groups is 2. The summed E-state index contributed by atoms with van der Waals surface area (Å²) in [5.74, 6) is -0.586. The minimum Gasteiger partial charge on any atom is -0.450 e. The quantitative estimate of drug-likeness (QED) is 0.596. The van der Waals surface area contributed by atoms with E-state index in [1.165, 1.54) is 12.2 Å². The number of esters is 1. The van der Waals surface area contributed by atoms with Crippen molar-refractivity contribution in [3.05, 3.63) is 34.6 Å². The fraction of sp³-hybridized carbons (Fsp3) is 0.667. The summed E-state index contributed by atoms with van der Waals surface area (Å²) in [5.41, 5.74) is 0.103. The third-order valence-corrected chi connectivity index (χ3v) is 7.35. The van der Waals surface area contributed by atoms with E-state index >= 15 is 0 Å². The predicted molar refractivity (Wildman–Crippen MR) is 117 cm³/mol. The van der Waals surface area contributed by atoms with Gasteiger partial charge in [-0.15, -0.1) is 0 Å². The Morgan fingerprint density at radius 3 is 2.52 bits per heavy atom. The fourth-order valence-corrected chi connectivity index (χ4v) is 5.39. The van der Waals surface area contributed by atoms with E-state index in [1.807, 2.05) is 4.90 Å². The van der Waals surface area contributed by atoms with Crippen molar-refractivity contribution in [2.75, 3.05) is 45.8 Å². The molecule has 0 aromatic rings. The Morgan fingerprint density at radius 1 is 1.12 bits per heavy atom. The van der Waals surface area contributed by atoms with Crippen molar-refractivity contribution in [2.45, 2.75) is 57.7 Å². The number of ether oxygens (including phenoxy) is 1. The van der Waals surface area contributed by atoms with Crippen LogP contribution in [0.2, 0.25) is 0 Å². The maximum atomic E-state index is 13.6. The maximum Gasteiger partial charge on any atom is 0.416 e. The van der Waals surface area contributed by atoms with Gasteiger partial charge in [-0.1, -0.05) is 13.0 Å². The summed E-state index contributed by atoms with van der Waals surface area (Å²) in [6, 6.07) is 0. The molecule has 0 radical (unpaired) electrons. The van der Waals surface area contributed by atoms with E-state index in [2.05, 4.69) is 11.8 Å². The lowest BCUT2D eigenvalue weighted by molar-refractivity contribution is -0.151. The van der Waals surface area contributed by atoms with Crippen LogP contribution in [0.4, 0.5) is 13.2 Å². The highest BCUT2D eigenvalue weighted by atomic mass is 19.4. The third-order valence-electron chi connectivity index (χ3n) is 7.35. The standard InChI is InChI=1S/C24H32F3N3O3/c1-3-28-12-8-23(9-13-28)20(17(2)22(32)33-23)21(31)30-11-5-10-29(14-15-30)19-7-4-6-18(16-19)24(25,26)27/h6,16H,3-5,7-15H2,1-2H3. The molecule has 4 aliphatic rings. The second kappa shape index (κ2) is 9.16. The van der Waals surface area contributed by atoms with Gasteiger partial charge in [0.25, 0.3) is 5.91 Å². The lowest BCUT2D eigenvalue weighted by atomic mass is 9.82. The van der Waals surface area contributed by atoms with E-state index in [4.69, 9.17) is 4.74 Å². The monoisotopic (exact) mass is 467 g/mol. The van der Waals surface area contributed by atoms with Gasteiger partial charge in [0.05, 0.1) is 11.1 Å². The molecule has 0 unspecified atom stereocenters. The number of piperidine rings is 1. The van der Waals surface area contributed by atoms with Crippen molar-refractivity contribution >= 4 is 11.9 Å². The van der Waals surface area contributed by atoms with Gasteiger partial charge in [0.1, 0.15) is 5.60 Å². The molecule has 0 bridgehead atoms. The van der Waals surface area contributed by atoms with Gasteiger partial charge in [-0.25, -0.2) is 4.79 Å². The summed E-state index contributed by atoms with van der Waals surface area (Å²) in [6.07, 6.45) is 0.932. The van der Waals surface area contributed by atoms with Crippen LogP contribution in [0.5, 0.6) is 0 Å². The van der Waals surface area contributed by atoms with E-state index in [9.17, 15) is 22.8 Å². The van der Waals surface area contributed by atoms with Gasteiger partial charge in [0, 0.05) is 63.4 Å². The molecule has 0 aromatic carbocycles. The summed E-state index contributed by atoms with van der Waals surface area (Å²) in [5, 5.41) is 0. The molecule has 0 atom stereocenters. The van der Waals surface area contributed by atoms with Gasteiger partial charge in [-0.2, -0.15) is 13.2 Å². The van der Waals surface area contributed by atoms with Crippen LogP contribution in [0.1, 0.15) is 46.0 Å². The molecule has 0 aromatic heterocycles. The molecule has 2 saturated heterocycles. The lowest BCUT2D eigenvalue weighted by Gasteiger charge is -2.40. The van der Waals surface area contributed by atoms with Crippen LogP contribution in [-0.2, 0) is 14.3 Å². The first kappa shape index (κ1) is 23.9. The summed E-state index contributed by atoms with van der Waals surface area (Å²) in [4.78, 5) is 32.1. The Kier molecular flexibility index (Phi) is 6.62. The molecule has 2 fully saturated rings. The molecule has 9 heteroatoms. The van der Waals surface area contributed by atoms with Crippen molar-refractivity contribution in [1.29, 1.82) is 0 Å². The molecule has 3 aliphatic heterocycles. The maximum absolute atomic E-state index is 13.6. The molecule has 1 spiro atoms. The minimum absolute atomic E-state index is 0.168. The second-order valence-electron chi connectivity index (χ2n) is 9.28. The Balaban J connectivity index is 1.48. The Labute approximate surface area is 192 Å². The van der Waals surface area contributed by atoms with Crippen LogP contribution in [-0.4, -0.2) is 84.2 Å². The van der Waals surface area contributed by atoms with E-state index in [0.717, 1.165) is 19.6 Å². The molecule has 1 aliphatic carbocycles. The molecule has 0 saturated carbocycles. The highest BCUT2D eigenvalue weighted by Crippen LogP contribution is 2.42. The first-order chi connectivity index (χ1) is 15.6. The normalized spacial score (nSPS) is 24.6. The molecular formula is C24H32F3N3O3. The summed E-state index contributed by atoms with van der Waals surface area (Å²) in [6.45, 7) is 8.19. The molecule has 1 amide bonds. The number of amides is 1. The van der Waals surface area contributed by atoms with E-state index in [1.54, 1.807) is 11.8 Å². The van der Waals surface area contributed by atoms with Crippen molar-refractivity contribution in [1.82, 2.24) is 14.7 Å². The predicted octanol–water partition coefficient (Wildman–Crippen LogP) is 3.41. The SMILES string of the molecule is CCN1CCC2(CC1)OC(=O)C(C)=C2C(=O)N1CCCN(C2=CC(C(F)(F)F)=CCC2)CC1. The number of hydrogen-bond acceptors (Lipinski definition) is 5. The third kappa shape index (κ3) is 4.69. The zero-order valence-electron chi connectivity index (χ0n) is 19.3. The molecule has 33 heavy (non-hydrogen) atoms. The smallest absolute Gasteiger partial charge is 0.416 e. The molecule has 6 nitrogen and oxygen atoms in total. The van der Waals surface area contributed by atoms with Crippen LogP contribution in [0, 0.1) is 0 Å². The fourth-order valence-electron chi connectivity index (χ4n) is 5.39. The van der Waals surface area contributed by atoms with Crippen molar-refractivity contribution in [3.63, 3.8) is 0 Å². The molecule has 3 heterocycles. The number of likely N-dealkylation sites (tertiary alicyclic amines) is 1. The molecule has 0 N–H and O–H groups in total. The van der Waals surface area contributed by atoms with Crippen molar-refractivity contribution in [3.8, 4) is 0 Å². The Morgan fingerprint density at radius 2 is 1.85 bits per heavy atom. The average Bonchev–Trinajstić information content (AvgIpc) is 2.94. The topological polar surface area (TPSA) is 53.1 Å². The Bertz CT molecular complexity index is 898. The van der Waals surface area contributed by atoms with E-state index in [-0.39, 0.29) is 5.91 Å². The highest BCUT2D eigenvalue weighted by Gasteiger charge is 2.51. The van der Waals surface area contributed by atoms with Gasteiger partial charge < -0.3 is 19.4 Å². The Hall–Kier alpha value is -2.29. The van der Waals surface area contributed by atoms with Crippen molar-refractivity contribution < 1.29 is 27.5 Å². The van der Waals surface area contributed by atoms with Gasteiger partial charge >= 0.3 is 12.1 Å². The molecular weight excluding hydrogens is 435 g/mol. The van der Waals surface area contributed by atoms with Gasteiger partial charge in [0.2, 0.25) is 0 Å². The second-order valence-corrected chi connectivity index (χ2v) is 9.28. The number of nitrogens with zero attached hydrogens (tertiary/aromatic N) is 3. The van der Waals surface area contributed by atoms with Gasteiger partial charge in [0.15, 0.2) is 0 Å². The number of alkyl halides is 3. The van der Waals surface area contributed by atoms with Gasteiger partial charge in [-0.3, -0.25) is 4.79 Å². The minimum atomic E-state index is -4.35. The first-order valence-electron chi connectivity index (χ1n) is 11.8. The zero-order chi connectivity index (χ0) is 23.8. The summed E-state index contributed by atoms with van der Waals surface area (Å²) in [7, 11) is 0. The number of halogens is 3. The lowest BCUT2D eigenvalue weighted by Crippen LogP contribution is -2.49. The van der Waals surface area contributed by atoms with E-state index in [0.29, 0.717) is 75.1 Å². The van der Waals surface area contributed by atoms with Crippen LogP contribution in [0.15, 0.2) is 34.6 Å². The van der Waals surface area contributed by atoms with Crippen LogP contribution in [0.3, 0.4) is 0 Å². The van der Waals surface area contributed by atoms with Crippen LogP contribution >= 0.6 is 0 Å². The van der Waals surface area contributed by atoms with Crippen molar-refractivity contribution in [2.24, 2.45) is 0 Å². The largest absolute Gasteiger partial charge is 0.450 e. The number of carbonyl (C=O) groups excluding carboxylic acids is 2. The average molecular weight is 468 g/mol. The van der Waals surface area contributed by atoms with Gasteiger partial charge in [-0.05, 0) is 38.8 Å². The number of rotatable bonds is 3. The highest BCUT2D eigenvalue weighted by molar-refractivity contribution is 6.07. The molecule has 4 rings (SSSR count). The van der Waals surface area contributed by atoms with Crippen LogP contribution < -0.4 is 0 Å². The van der Waals surface area contributed by atoms with Crippen LogP contribution in [0.25, 0.3) is 0 Å². The number of hydrogen-bond donors (Lipinski definition) is 0. The molecule has 182 valence electrons. The summed E-state index contributed by atoms with van der Waals surface area (Å²) < 4.78 is 45.3.